The van der Waals surface area contributed by atoms with Gasteiger partial charge < -0.3 is 5.73 Å². The Morgan fingerprint density at radius 2 is 1.74 bits per heavy atom. The van der Waals surface area contributed by atoms with E-state index in [0.717, 1.165) is 10.0 Å². The lowest BCUT2D eigenvalue weighted by molar-refractivity contribution is 0.639. The quantitative estimate of drug-likeness (QED) is 0.743. The van der Waals surface area contributed by atoms with Crippen LogP contribution in [0.15, 0.2) is 46.9 Å². The topological polar surface area (TPSA) is 51.8 Å². The van der Waals surface area contributed by atoms with Crippen molar-refractivity contribution in [2.45, 2.75) is 0 Å². The molecular weight excluding hydrogens is 309 g/mol. The fraction of sp³-hybridized carbons (Fsp3) is 0. The molecule has 19 heavy (non-hydrogen) atoms. The van der Waals surface area contributed by atoms with Crippen LogP contribution in [0, 0.1) is 5.82 Å². The first-order valence-electron chi connectivity index (χ1n) is 5.63. The minimum atomic E-state index is -0.405. The van der Waals surface area contributed by atoms with Crippen molar-refractivity contribution in [1.82, 2.24) is 9.97 Å². The number of benzene rings is 2. The van der Waals surface area contributed by atoms with Crippen LogP contribution >= 0.6 is 15.9 Å². The van der Waals surface area contributed by atoms with Crippen molar-refractivity contribution in [3.05, 3.63) is 52.8 Å². The van der Waals surface area contributed by atoms with Crippen LogP contribution in [0.2, 0.25) is 0 Å². The monoisotopic (exact) mass is 317 g/mol. The molecule has 1 aromatic heterocycles. The fourth-order valence-corrected chi connectivity index (χ4v) is 2.16. The number of nitrogens with zero attached hydrogens (tertiary/aromatic N) is 2. The number of hydrogen-bond donors (Lipinski definition) is 1. The van der Waals surface area contributed by atoms with E-state index < -0.39 is 5.82 Å². The van der Waals surface area contributed by atoms with E-state index in [1.807, 2.05) is 24.3 Å². The summed E-state index contributed by atoms with van der Waals surface area (Å²) in [5.74, 6) is 0.237. The molecular formula is C14H9BrFN3. The second-order valence-corrected chi connectivity index (χ2v) is 4.99. The van der Waals surface area contributed by atoms with Gasteiger partial charge in [-0.3, -0.25) is 0 Å². The third-order valence-corrected chi connectivity index (χ3v) is 3.33. The molecule has 1 heterocycles. The predicted molar refractivity (Wildman–Crippen MR) is 77.0 cm³/mol. The summed E-state index contributed by atoms with van der Waals surface area (Å²) in [6.07, 6.45) is 0. The van der Waals surface area contributed by atoms with E-state index >= 15 is 0 Å². The Balaban J connectivity index is 2.24. The normalized spacial score (nSPS) is 10.8. The summed E-state index contributed by atoms with van der Waals surface area (Å²) in [7, 11) is 0. The second kappa shape index (κ2) is 4.59. The lowest BCUT2D eigenvalue weighted by atomic mass is 10.2. The van der Waals surface area contributed by atoms with Crippen LogP contribution in [0.3, 0.4) is 0 Å². The van der Waals surface area contributed by atoms with E-state index in [0.29, 0.717) is 11.3 Å². The molecule has 0 fully saturated rings. The zero-order chi connectivity index (χ0) is 13.4. The second-order valence-electron chi connectivity index (χ2n) is 4.07. The Morgan fingerprint density at radius 3 is 2.47 bits per heavy atom. The molecule has 3 aromatic rings. The van der Waals surface area contributed by atoms with E-state index in [1.165, 1.54) is 6.07 Å². The first-order chi connectivity index (χ1) is 9.15. The van der Waals surface area contributed by atoms with Gasteiger partial charge in [0.2, 0.25) is 0 Å². The van der Waals surface area contributed by atoms with E-state index in [9.17, 15) is 4.39 Å². The molecule has 0 bridgehead atoms. The van der Waals surface area contributed by atoms with Crippen molar-refractivity contribution in [2.75, 3.05) is 5.73 Å². The van der Waals surface area contributed by atoms with Gasteiger partial charge in [-0.05, 0) is 24.3 Å². The van der Waals surface area contributed by atoms with Gasteiger partial charge in [-0.1, -0.05) is 34.1 Å². The molecule has 0 aliphatic rings. The Kier molecular flexibility index (Phi) is 2.91. The van der Waals surface area contributed by atoms with Gasteiger partial charge in [-0.15, -0.1) is 0 Å². The fourth-order valence-electron chi connectivity index (χ4n) is 1.90. The average molecular weight is 318 g/mol. The number of fused-ring (bicyclic) bond motifs is 1. The van der Waals surface area contributed by atoms with Crippen molar-refractivity contribution in [3.63, 3.8) is 0 Å². The van der Waals surface area contributed by atoms with Crippen LogP contribution in [0.25, 0.3) is 22.3 Å². The highest BCUT2D eigenvalue weighted by molar-refractivity contribution is 9.10. The third kappa shape index (κ3) is 2.17. The van der Waals surface area contributed by atoms with Crippen LogP contribution in [0.5, 0.6) is 0 Å². The van der Waals surface area contributed by atoms with Crippen molar-refractivity contribution in [2.24, 2.45) is 0 Å². The van der Waals surface area contributed by atoms with Gasteiger partial charge in [-0.2, -0.15) is 0 Å². The Morgan fingerprint density at radius 1 is 1.00 bits per heavy atom. The number of nitrogen functional groups attached to an aromatic ring is 1. The maximum atomic E-state index is 13.7. The van der Waals surface area contributed by atoms with Gasteiger partial charge in [-0.25, -0.2) is 14.4 Å². The number of nitrogens with two attached hydrogens (primary N) is 1. The Labute approximate surface area is 117 Å². The maximum Gasteiger partial charge on any atom is 0.162 e. The molecule has 0 unspecified atom stereocenters. The van der Waals surface area contributed by atoms with Crippen molar-refractivity contribution in [1.29, 1.82) is 0 Å². The molecule has 0 aliphatic heterocycles. The number of aromatic nitrogens is 2. The van der Waals surface area contributed by atoms with Gasteiger partial charge in [0.25, 0.3) is 0 Å². The summed E-state index contributed by atoms with van der Waals surface area (Å²) in [5, 5.41) is 0.267. The third-order valence-electron chi connectivity index (χ3n) is 2.80. The molecule has 0 radical (unpaired) electrons. The molecule has 5 heteroatoms. The minimum absolute atomic E-state index is 0.154. The number of rotatable bonds is 1. The van der Waals surface area contributed by atoms with Crippen LogP contribution in [-0.4, -0.2) is 9.97 Å². The zero-order valence-corrected chi connectivity index (χ0v) is 11.4. The lowest BCUT2D eigenvalue weighted by Crippen LogP contribution is -1.99. The van der Waals surface area contributed by atoms with E-state index in [1.54, 1.807) is 12.1 Å². The first kappa shape index (κ1) is 12.0. The highest BCUT2D eigenvalue weighted by atomic mass is 79.9. The predicted octanol–water partition coefficient (Wildman–Crippen LogP) is 3.78. The Hall–Kier alpha value is -2.01. The molecule has 0 spiro atoms. The number of anilines is 1. The molecule has 3 nitrogen and oxygen atoms in total. The highest BCUT2D eigenvalue weighted by Gasteiger charge is 2.10. The molecule has 0 amide bonds. The summed E-state index contributed by atoms with van der Waals surface area (Å²) in [6.45, 7) is 0. The molecule has 0 atom stereocenters. The van der Waals surface area contributed by atoms with Crippen molar-refractivity contribution >= 4 is 32.7 Å². The number of halogens is 2. The largest absolute Gasteiger partial charge is 0.383 e. The van der Waals surface area contributed by atoms with E-state index in [4.69, 9.17) is 5.73 Å². The lowest BCUT2D eigenvalue weighted by Gasteiger charge is -2.06. The van der Waals surface area contributed by atoms with Crippen LogP contribution in [-0.2, 0) is 0 Å². The minimum Gasteiger partial charge on any atom is -0.383 e. The van der Waals surface area contributed by atoms with Gasteiger partial charge >= 0.3 is 0 Å². The average Bonchev–Trinajstić information content (AvgIpc) is 2.39. The van der Waals surface area contributed by atoms with Gasteiger partial charge in [0.1, 0.15) is 11.6 Å². The molecule has 3 rings (SSSR count). The van der Waals surface area contributed by atoms with Crippen molar-refractivity contribution < 1.29 is 4.39 Å². The van der Waals surface area contributed by atoms with E-state index in [2.05, 4.69) is 25.9 Å². The maximum absolute atomic E-state index is 13.7. The number of hydrogen-bond acceptors (Lipinski definition) is 3. The standard InChI is InChI=1S/C14H9BrFN3/c15-9-6-4-8(5-7-9)14-18-11-3-1-2-10(16)12(11)13(17)19-14/h1-7H,(H2,17,18,19). The molecule has 2 N–H and O–H groups in total. The van der Waals surface area contributed by atoms with Crippen molar-refractivity contribution in [3.8, 4) is 11.4 Å². The highest BCUT2D eigenvalue weighted by Crippen LogP contribution is 2.25. The summed E-state index contributed by atoms with van der Waals surface area (Å²) >= 11 is 3.37. The van der Waals surface area contributed by atoms with Gasteiger partial charge in [0.05, 0.1) is 10.9 Å². The zero-order valence-electron chi connectivity index (χ0n) is 9.77. The summed E-state index contributed by atoms with van der Waals surface area (Å²) in [6, 6.07) is 12.2. The molecule has 0 saturated carbocycles. The van der Waals surface area contributed by atoms with Gasteiger partial charge in [0.15, 0.2) is 5.82 Å². The van der Waals surface area contributed by atoms with Crippen LogP contribution in [0.4, 0.5) is 10.2 Å². The SMILES string of the molecule is Nc1nc(-c2ccc(Br)cc2)nc2cccc(F)c12. The summed E-state index contributed by atoms with van der Waals surface area (Å²) < 4.78 is 14.6. The van der Waals surface area contributed by atoms with Crippen LogP contribution in [0.1, 0.15) is 0 Å². The molecule has 0 aliphatic carbocycles. The molecule has 2 aromatic carbocycles. The van der Waals surface area contributed by atoms with Gasteiger partial charge in [0, 0.05) is 10.0 Å². The first-order valence-corrected chi connectivity index (χ1v) is 6.42. The molecule has 94 valence electrons. The van der Waals surface area contributed by atoms with E-state index in [-0.39, 0.29) is 11.2 Å². The van der Waals surface area contributed by atoms with Crippen LogP contribution < -0.4 is 5.73 Å². The Bertz CT molecular complexity index is 756. The smallest absolute Gasteiger partial charge is 0.162 e. The molecule has 0 saturated heterocycles. The summed E-state index contributed by atoms with van der Waals surface area (Å²) in [5.41, 5.74) is 7.16. The summed E-state index contributed by atoms with van der Waals surface area (Å²) in [4.78, 5) is 8.52.